The monoisotopic (exact) mass is 406 g/mol. The van der Waals surface area contributed by atoms with Gasteiger partial charge in [0.25, 0.3) is 0 Å². The molecule has 1 aliphatic heterocycles. The third-order valence-electron chi connectivity index (χ3n) is 5.54. The van der Waals surface area contributed by atoms with E-state index in [-0.39, 0.29) is 11.8 Å². The number of ether oxygens (including phenoxy) is 1. The zero-order valence-corrected chi connectivity index (χ0v) is 17.5. The molecule has 30 heavy (non-hydrogen) atoms. The number of carbonyl (C=O) groups is 1. The largest absolute Gasteiger partial charge is 0.381 e. The Morgan fingerprint density at radius 1 is 1.00 bits per heavy atom. The van der Waals surface area contributed by atoms with Gasteiger partial charge in [0.1, 0.15) is 0 Å². The number of hydrogen-bond acceptors (Lipinski definition) is 6. The molecule has 1 aromatic carbocycles. The Morgan fingerprint density at radius 2 is 1.70 bits per heavy atom. The number of carbonyl (C=O) groups excluding carboxylic acids is 1. The Bertz CT molecular complexity index is 1020. The van der Waals surface area contributed by atoms with Crippen molar-refractivity contribution in [3.63, 3.8) is 0 Å². The van der Waals surface area contributed by atoms with Crippen LogP contribution in [0.3, 0.4) is 0 Å². The van der Waals surface area contributed by atoms with Crippen LogP contribution in [0, 0.1) is 26.7 Å². The van der Waals surface area contributed by atoms with Gasteiger partial charge in [0, 0.05) is 36.2 Å². The molecule has 1 aliphatic rings. The van der Waals surface area contributed by atoms with Crippen LogP contribution < -0.4 is 10.6 Å². The minimum atomic E-state index is 0.0244. The molecular weight excluding hydrogens is 380 g/mol. The van der Waals surface area contributed by atoms with Gasteiger partial charge >= 0.3 is 0 Å². The summed E-state index contributed by atoms with van der Waals surface area (Å²) in [4.78, 5) is 12.3. The average Bonchev–Trinajstić information content (AvgIpc) is 3.03. The predicted octanol–water partition coefficient (Wildman–Crippen LogP) is 3.70. The van der Waals surface area contributed by atoms with E-state index in [0.717, 1.165) is 41.2 Å². The Kier molecular flexibility index (Phi) is 5.76. The molecule has 1 amide bonds. The van der Waals surface area contributed by atoms with Gasteiger partial charge in [0.2, 0.25) is 5.91 Å². The van der Waals surface area contributed by atoms with Gasteiger partial charge in [-0.15, -0.1) is 10.2 Å². The summed E-state index contributed by atoms with van der Waals surface area (Å²) in [6.07, 6.45) is 1.55. The van der Waals surface area contributed by atoms with Crippen LogP contribution in [0.4, 0.5) is 17.2 Å². The average molecular weight is 406 g/mol. The first-order valence-electron chi connectivity index (χ1n) is 10.1. The lowest BCUT2D eigenvalue weighted by atomic mass is 9.99. The lowest BCUT2D eigenvalue weighted by Crippen LogP contribution is -2.28. The van der Waals surface area contributed by atoms with Crippen LogP contribution in [0.15, 0.2) is 36.4 Å². The van der Waals surface area contributed by atoms with Crippen molar-refractivity contribution in [2.24, 2.45) is 5.92 Å². The van der Waals surface area contributed by atoms with E-state index in [0.29, 0.717) is 24.8 Å². The van der Waals surface area contributed by atoms with E-state index in [9.17, 15) is 4.79 Å². The number of benzene rings is 1. The summed E-state index contributed by atoms with van der Waals surface area (Å²) in [7, 11) is 0. The molecule has 8 nitrogen and oxygen atoms in total. The van der Waals surface area contributed by atoms with Gasteiger partial charge in [-0.3, -0.25) is 4.79 Å². The molecule has 0 aliphatic carbocycles. The SMILES string of the molecule is Cc1nn(-c2ccc(Nc3ccc(NC(=O)C4CCOCC4)cc3)nn2)c(C)c1C. The first-order valence-corrected chi connectivity index (χ1v) is 10.1. The fraction of sp³-hybridized carbons (Fsp3) is 0.364. The molecule has 4 rings (SSSR count). The highest BCUT2D eigenvalue weighted by molar-refractivity contribution is 5.92. The molecule has 2 aromatic heterocycles. The zero-order chi connectivity index (χ0) is 21.1. The molecule has 3 aromatic rings. The molecule has 3 heterocycles. The first-order chi connectivity index (χ1) is 14.5. The van der Waals surface area contributed by atoms with Crippen molar-refractivity contribution < 1.29 is 9.53 Å². The number of nitrogens with one attached hydrogen (secondary N) is 2. The van der Waals surface area contributed by atoms with Gasteiger partial charge in [-0.2, -0.15) is 5.10 Å². The smallest absolute Gasteiger partial charge is 0.227 e. The third kappa shape index (κ3) is 4.33. The molecule has 0 bridgehead atoms. The Morgan fingerprint density at radius 3 is 2.30 bits per heavy atom. The van der Waals surface area contributed by atoms with E-state index in [4.69, 9.17) is 4.74 Å². The quantitative estimate of drug-likeness (QED) is 0.671. The Labute approximate surface area is 175 Å². The number of amides is 1. The van der Waals surface area contributed by atoms with Crippen LogP contribution in [0.2, 0.25) is 0 Å². The van der Waals surface area contributed by atoms with Gasteiger partial charge in [0.05, 0.1) is 5.69 Å². The normalized spacial score (nSPS) is 14.5. The summed E-state index contributed by atoms with van der Waals surface area (Å²) in [5.41, 5.74) is 4.84. The minimum Gasteiger partial charge on any atom is -0.381 e. The number of aromatic nitrogens is 4. The number of aryl methyl sites for hydroxylation is 1. The van der Waals surface area contributed by atoms with Crippen molar-refractivity contribution in [3.05, 3.63) is 53.3 Å². The van der Waals surface area contributed by atoms with Crippen LogP contribution in [-0.4, -0.2) is 39.1 Å². The molecule has 0 saturated carbocycles. The van der Waals surface area contributed by atoms with Crippen molar-refractivity contribution in [2.45, 2.75) is 33.6 Å². The summed E-state index contributed by atoms with van der Waals surface area (Å²) < 4.78 is 7.12. The van der Waals surface area contributed by atoms with Crippen LogP contribution in [0.1, 0.15) is 29.8 Å². The maximum Gasteiger partial charge on any atom is 0.227 e. The van der Waals surface area contributed by atoms with E-state index in [2.05, 4.69) is 25.9 Å². The van der Waals surface area contributed by atoms with Crippen LogP contribution in [0.25, 0.3) is 5.82 Å². The molecular formula is C22H26N6O2. The highest BCUT2D eigenvalue weighted by atomic mass is 16.5. The molecule has 156 valence electrons. The van der Waals surface area contributed by atoms with E-state index < -0.39 is 0 Å². The number of anilines is 3. The zero-order valence-electron chi connectivity index (χ0n) is 17.5. The van der Waals surface area contributed by atoms with Crippen molar-refractivity contribution in [1.29, 1.82) is 0 Å². The van der Waals surface area contributed by atoms with E-state index in [1.165, 1.54) is 0 Å². The van der Waals surface area contributed by atoms with Crippen LogP contribution >= 0.6 is 0 Å². The maximum absolute atomic E-state index is 12.3. The molecule has 0 radical (unpaired) electrons. The first kappa shape index (κ1) is 20.0. The summed E-state index contributed by atoms with van der Waals surface area (Å²) in [6, 6.07) is 11.3. The fourth-order valence-electron chi connectivity index (χ4n) is 3.44. The summed E-state index contributed by atoms with van der Waals surface area (Å²) >= 11 is 0. The topological polar surface area (TPSA) is 94.0 Å². The fourth-order valence-corrected chi connectivity index (χ4v) is 3.44. The van der Waals surface area contributed by atoms with Gasteiger partial charge < -0.3 is 15.4 Å². The Hall–Kier alpha value is -3.26. The second-order valence-electron chi connectivity index (χ2n) is 7.56. The molecule has 2 N–H and O–H groups in total. The van der Waals surface area contributed by atoms with Crippen molar-refractivity contribution >= 4 is 23.1 Å². The molecule has 0 spiro atoms. The lowest BCUT2D eigenvalue weighted by Gasteiger charge is -2.21. The van der Waals surface area contributed by atoms with Crippen LogP contribution in [-0.2, 0) is 9.53 Å². The van der Waals surface area contributed by atoms with Gasteiger partial charge in [-0.25, -0.2) is 4.68 Å². The molecule has 1 fully saturated rings. The number of hydrogen-bond donors (Lipinski definition) is 2. The van der Waals surface area contributed by atoms with Crippen molar-refractivity contribution in [2.75, 3.05) is 23.8 Å². The molecule has 8 heteroatoms. The van der Waals surface area contributed by atoms with Crippen molar-refractivity contribution in [1.82, 2.24) is 20.0 Å². The summed E-state index contributed by atoms with van der Waals surface area (Å²) in [6.45, 7) is 7.36. The maximum atomic E-state index is 12.3. The number of rotatable bonds is 5. The molecule has 0 atom stereocenters. The number of nitrogens with zero attached hydrogens (tertiary/aromatic N) is 4. The Balaban J connectivity index is 1.38. The van der Waals surface area contributed by atoms with Crippen LogP contribution in [0.5, 0.6) is 0 Å². The highest BCUT2D eigenvalue weighted by Gasteiger charge is 2.21. The van der Waals surface area contributed by atoms with Gasteiger partial charge in [0.15, 0.2) is 11.6 Å². The molecule has 0 unspecified atom stereocenters. The van der Waals surface area contributed by atoms with E-state index in [1.807, 2.05) is 57.2 Å². The van der Waals surface area contributed by atoms with Gasteiger partial charge in [-0.05, 0) is 75.6 Å². The predicted molar refractivity (Wildman–Crippen MR) is 115 cm³/mol. The van der Waals surface area contributed by atoms with Crippen molar-refractivity contribution in [3.8, 4) is 5.82 Å². The second kappa shape index (κ2) is 8.62. The third-order valence-corrected chi connectivity index (χ3v) is 5.54. The standard InChI is InChI=1S/C22H26N6O2/c1-14-15(2)27-28(16(14)3)21-9-8-20(25-26-21)23-18-4-6-19(7-5-18)24-22(29)17-10-12-30-13-11-17/h4-9,17H,10-13H2,1-3H3,(H,23,25)(H,24,29). The highest BCUT2D eigenvalue weighted by Crippen LogP contribution is 2.21. The van der Waals surface area contributed by atoms with E-state index in [1.54, 1.807) is 4.68 Å². The lowest BCUT2D eigenvalue weighted by molar-refractivity contribution is -0.122. The summed E-state index contributed by atoms with van der Waals surface area (Å²) in [5, 5.41) is 19.3. The minimum absolute atomic E-state index is 0.0244. The van der Waals surface area contributed by atoms with Gasteiger partial charge in [-0.1, -0.05) is 0 Å². The second-order valence-corrected chi connectivity index (χ2v) is 7.56. The summed E-state index contributed by atoms with van der Waals surface area (Å²) in [5.74, 6) is 1.40. The van der Waals surface area contributed by atoms with E-state index >= 15 is 0 Å². The molecule has 1 saturated heterocycles.